The lowest BCUT2D eigenvalue weighted by atomic mass is 9.88. The van der Waals surface area contributed by atoms with Crippen LogP contribution in [0.25, 0.3) is 10.9 Å². The van der Waals surface area contributed by atoms with Crippen LogP contribution in [0, 0.1) is 17.6 Å². The molecule has 0 radical (unpaired) electrons. The second-order valence-electron chi connectivity index (χ2n) is 7.23. The van der Waals surface area contributed by atoms with E-state index in [1.807, 2.05) is 42.1 Å². The van der Waals surface area contributed by atoms with E-state index >= 15 is 0 Å². The van der Waals surface area contributed by atoms with Crippen molar-refractivity contribution in [2.45, 2.75) is 12.8 Å². The highest BCUT2D eigenvalue weighted by molar-refractivity contribution is 6.07. The Balaban J connectivity index is 1.48. The van der Waals surface area contributed by atoms with Crippen LogP contribution in [-0.4, -0.2) is 34.2 Å². The van der Waals surface area contributed by atoms with Gasteiger partial charge >= 0.3 is 0 Å². The summed E-state index contributed by atoms with van der Waals surface area (Å²) < 4.78 is 29.2. The van der Waals surface area contributed by atoms with Crippen LogP contribution < -0.4 is 0 Å². The zero-order chi connectivity index (χ0) is 19.8. The third-order valence-electron chi connectivity index (χ3n) is 5.47. The van der Waals surface area contributed by atoms with Crippen molar-refractivity contribution < 1.29 is 18.4 Å². The third kappa shape index (κ3) is 3.19. The molecule has 2 aromatic carbocycles. The number of hydrogen-bond donors (Lipinski definition) is 0. The van der Waals surface area contributed by atoms with E-state index in [1.54, 1.807) is 4.90 Å². The van der Waals surface area contributed by atoms with Gasteiger partial charge in [0.05, 0.1) is 11.1 Å². The van der Waals surface area contributed by atoms with Crippen LogP contribution in [0.3, 0.4) is 0 Å². The van der Waals surface area contributed by atoms with Crippen LogP contribution in [0.5, 0.6) is 0 Å². The van der Waals surface area contributed by atoms with E-state index in [-0.39, 0.29) is 11.5 Å². The monoisotopic (exact) mass is 382 g/mol. The molecule has 3 aromatic rings. The molecule has 144 valence electrons. The highest BCUT2D eigenvalue weighted by atomic mass is 19.1. The SMILES string of the molecule is Cn1cc(C(=O)N2CCC(C(=O)c3cc(F)ccc3F)CC2)c2ccccc21. The maximum Gasteiger partial charge on any atom is 0.256 e. The zero-order valence-corrected chi connectivity index (χ0v) is 15.5. The number of ketones is 1. The smallest absolute Gasteiger partial charge is 0.256 e. The molecule has 0 bridgehead atoms. The van der Waals surface area contributed by atoms with E-state index < -0.39 is 23.3 Å². The molecular formula is C22H20F2N2O2. The van der Waals surface area contributed by atoms with Crippen LogP contribution in [0.1, 0.15) is 33.6 Å². The molecule has 0 spiro atoms. The van der Waals surface area contributed by atoms with Crippen molar-refractivity contribution in [1.82, 2.24) is 9.47 Å². The molecule has 1 aliphatic heterocycles. The molecule has 0 atom stereocenters. The normalized spacial score (nSPS) is 15.2. The van der Waals surface area contributed by atoms with Crippen molar-refractivity contribution in [3.8, 4) is 0 Å². The van der Waals surface area contributed by atoms with E-state index in [2.05, 4.69) is 0 Å². The van der Waals surface area contributed by atoms with E-state index in [4.69, 9.17) is 0 Å². The number of fused-ring (bicyclic) bond motifs is 1. The maximum atomic E-state index is 13.9. The summed E-state index contributed by atoms with van der Waals surface area (Å²) in [5.74, 6) is -2.21. The highest BCUT2D eigenvalue weighted by Crippen LogP contribution is 2.27. The first-order valence-electron chi connectivity index (χ1n) is 9.28. The minimum Gasteiger partial charge on any atom is -0.350 e. The summed E-state index contributed by atoms with van der Waals surface area (Å²) in [6.45, 7) is 0.824. The van der Waals surface area contributed by atoms with E-state index in [1.165, 1.54) is 0 Å². The van der Waals surface area contributed by atoms with Gasteiger partial charge < -0.3 is 9.47 Å². The maximum absolute atomic E-state index is 13.9. The fraction of sp³-hybridized carbons (Fsp3) is 0.273. The number of carbonyl (C=O) groups is 2. The number of likely N-dealkylation sites (tertiary alicyclic amines) is 1. The Hall–Kier alpha value is -3.02. The van der Waals surface area contributed by atoms with Gasteiger partial charge in [-0.25, -0.2) is 8.78 Å². The van der Waals surface area contributed by atoms with Crippen LogP contribution >= 0.6 is 0 Å². The van der Waals surface area contributed by atoms with Crippen LogP contribution in [-0.2, 0) is 7.05 Å². The van der Waals surface area contributed by atoms with Crippen LogP contribution in [0.2, 0.25) is 0 Å². The summed E-state index contributed by atoms with van der Waals surface area (Å²) in [7, 11) is 1.90. The second kappa shape index (κ2) is 7.19. The number of amides is 1. The second-order valence-corrected chi connectivity index (χ2v) is 7.23. The van der Waals surface area contributed by atoms with Crippen molar-refractivity contribution in [3.63, 3.8) is 0 Å². The first-order chi connectivity index (χ1) is 13.5. The van der Waals surface area contributed by atoms with Gasteiger partial charge in [-0.1, -0.05) is 18.2 Å². The predicted octanol–water partition coefficient (Wildman–Crippen LogP) is 4.19. The molecule has 28 heavy (non-hydrogen) atoms. The fourth-order valence-electron chi connectivity index (χ4n) is 3.93. The van der Waals surface area contributed by atoms with Crippen LogP contribution in [0.15, 0.2) is 48.7 Å². The van der Waals surface area contributed by atoms with Gasteiger partial charge in [-0.05, 0) is 37.1 Å². The molecule has 1 aliphatic rings. The average molecular weight is 382 g/mol. The number of aryl methyl sites for hydroxylation is 1. The van der Waals surface area contributed by atoms with Crippen molar-refractivity contribution in [2.75, 3.05) is 13.1 Å². The standard InChI is InChI=1S/C22H20F2N2O2/c1-25-13-18(16-4-2-3-5-20(16)25)22(28)26-10-8-14(9-11-26)21(27)17-12-15(23)6-7-19(17)24/h2-7,12-14H,8-11H2,1H3. The summed E-state index contributed by atoms with van der Waals surface area (Å²) in [4.78, 5) is 27.3. The van der Waals surface area contributed by atoms with Gasteiger partial charge in [0.15, 0.2) is 5.78 Å². The molecule has 1 aromatic heterocycles. The first-order valence-corrected chi connectivity index (χ1v) is 9.28. The molecule has 1 saturated heterocycles. The minimum atomic E-state index is -0.708. The summed E-state index contributed by atoms with van der Waals surface area (Å²) in [6.07, 6.45) is 2.70. The van der Waals surface area contributed by atoms with E-state index in [9.17, 15) is 18.4 Å². The van der Waals surface area contributed by atoms with E-state index in [0.29, 0.717) is 31.5 Å². The molecule has 0 aliphatic carbocycles. The lowest BCUT2D eigenvalue weighted by Gasteiger charge is -2.31. The molecule has 0 N–H and O–H groups in total. The molecule has 4 rings (SSSR count). The lowest BCUT2D eigenvalue weighted by molar-refractivity contribution is 0.0650. The Morgan fingerprint density at radius 1 is 1.00 bits per heavy atom. The van der Waals surface area contributed by atoms with Gasteiger partial charge in [-0.2, -0.15) is 0 Å². The first kappa shape index (κ1) is 18.3. The molecule has 0 unspecified atom stereocenters. The Morgan fingerprint density at radius 3 is 2.46 bits per heavy atom. The topological polar surface area (TPSA) is 42.3 Å². The number of carbonyl (C=O) groups excluding carboxylic acids is 2. The molecule has 1 fully saturated rings. The van der Waals surface area contributed by atoms with Crippen LogP contribution in [0.4, 0.5) is 8.78 Å². The third-order valence-corrected chi connectivity index (χ3v) is 5.47. The lowest BCUT2D eigenvalue weighted by Crippen LogP contribution is -2.40. The fourth-order valence-corrected chi connectivity index (χ4v) is 3.93. The molecule has 2 heterocycles. The zero-order valence-electron chi connectivity index (χ0n) is 15.5. The van der Waals surface area contributed by atoms with Gasteiger partial charge in [-0.3, -0.25) is 9.59 Å². The summed E-state index contributed by atoms with van der Waals surface area (Å²) in [6, 6.07) is 10.6. The predicted molar refractivity (Wildman–Crippen MR) is 102 cm³/mol. The molecule has 6 heteroatoms. The van der Waals surface area contributed by atoms with Crippen molar-refractivity contribution >= 4 is 22.6 Å². The van der Waals surface area contributed by atoms with Gasteiger partial charge in [0, 0.05) is 43.2 Å². The summed E-state index contributed by atoms with van der Waals surface area (Å²) >= 11 is 0. The number of piperidine rings is 1. The quantitative estimate of drug-likeness (QED) is 0.638. The number of rotatable bonds is 3. The molecule has 1 amide bonds. The number of aromatic nitrogens is 1. The highest BCUT2D eigenvalue weighted by Gasteiger charge is 2.30. The average Bonchev–Trinajstić information content (AvgIpc) is 3.06. The summed E-state index contributed by atoms with van der Waals surface area (Å²) in [5, 5.41) is 0.898. The number of hydrogen-bond acceptors (Lipinski definition) is 2. The molecular weight excluding hydrogens is 362 g/mol. The molecule has 0 saturated carbocycles. The van der Waals surface area contributed by atoms with Crippen molar-refractivity contribution in [3.05, 3.63) is 71.4 Å². The Bertz CT molecular complexity index is 1070. The van der Waals surface area contributed by atoms with E-state index in [0.717, 1.165) is 29.1 Å². The minimum absolute atomic E-state index is 0.0698. The number of para-hydroxylation sites is 1. The summed E-state index contributed by atoms with van der Waals surface area (Å²) in [5.41, 5.74) is 1.41. The van der Waals surface area contributed by atoms with Crippen molar-refractivity contribution in [2.24, 2.45) is 13.0 Å². The number of halogens is 2. The number of nitrogens with zero attached hydrogens (tertiary/aromatic N) is 2. The largest absolute Gasteiger partial charge is 0.350 e. The van der Waals surface area contributed by atoms with Gasteiger partial charge in [-0.15, -0.1) is 0 Å². The number of Topliss-reactive ketones (excluding diaryl/α,β-unsaturated/α-hetero) is 1. The Labute approximate surface area is 161 Å². The Morgan fingerprint density at radius 2 is 1.71 bits per heavy atom. The van der Waals surface area contributed by atoms with Gasteiger partial charge in [0.2, 0.25) is 0 Å². The Kier molecular flexibility index (Phi) is 4.71. The van der Waals surface area contributed by atoms with Gasteiger partial charge in [0.25, 0.3) is 5.91 Å². The number of benzene rings is 2. The van der Waals surface area contributed by atoms with Crippen molar-refractivity contribution in [1.29, 1.82) is 0 Å². The molecule has 4 nitrogen and oxygen atoms in total. The van der Waals surface area contributed by atoms with Gasteiger partial charge in [0.1, 0.15) is 11.6 Å².